The van der Waals surface area contributed by atoms with Crippen molar-refractivity contribution < 1.29 is 9.59 Å². The highest BCUT2D eigenvalue weighted by atomic mass is 16.2. The lowest BCUT2D eigenvalue weighted by Crippen LogP contribution is -2.40. The molecule has 2 aliphatic rings. The van der Waals surface area contributed by atoms with Crippen LogP contribution in [0.15, 0.2) is 0 Å². The monoisotopic (exact) mass is 223 g/mol. The third kappa shape index (κ3) is 3.06. The number of piperidine rings is 1. The Bertz CT molecular complexity index is 271. The van der Waals surface area contributed by atoms with Gasteiger partial charge >= 0.3 is 0 Å². The van der Waals surface area contributed by atoms with Crippen LogP contribution in [0.4, 0.5) is 0 Å². The largest absolute Gasteiger partial charge is 0.335 e. The minimum absolute atomic E-state index is 0.187. The molecule has 0 atom stereocenters. The number of hydrogen-bond donors (Lipinski definition) is 0. The average Bonchev–Trinajstić information content (AvgIpc) is 2.21. The first-order valence-corrected chi connectivity index (χ1v) is 6.55. The molecule has 0 N–H and O–H groups in total. The van der Waals surface area contributed by atoms with Crippen LogP contribution < -0.4 is 0 Å². The van der Waals surface area contributed by atoms with E-state index in [4.69, 9.17) is 0 Å². The second kappa shape index (κ2) is 5.46. The Kier molecular flexibility index (Phi) is 3.97. The van der Waals surface area contributed by atoms with E-state index in [0.717, 1.165) is 25.3 Å². The third-order valence-corrected chi connectivity index (χ3v) is 3.83. The topological polar surface area (TPSA) is 37.4 Å². The number of hydrogen-bond acceptors (Lipinski definition) is 2. The zero-order chi connectivity index (χ0) is 11.4. The van der Waals surface area contributed by atoms with Gasteiger partial charge in [0.15, 0.2) is 5.78 Å². The molecule has 3 heteroatoms. The number of carbonyl (C=O) groups is 2. The number of rotatable bonds is 4. The molecule has 1 aliphatic heterocycles. The van der Waals surface area contributed by atoms with Gasteiger partial charge in [-0.1, -0.05) is 19.3 Å². The normalized spacial score (nSPS) is 22.0. The van der Waals surface area contributed by atoms with Crippen molar-refractivity contribution in [3.8, 4) is 0 Å². The lowest BCUT2D eigenvalue weighted by atomic mass is 9.82. The van der Waals surface area contributed by atoms with E-state index in [9.17, 15) is 9.59 Å². The zero-order valence-electron chi connectivity index (χ0n) is 9.91. The van der Waals surface area contributed by atoms with Gasteiger partial charge in [0.05, 0.1) is 6.54 Å². The molecule has 90 valence electrons. The van der Waals surface area contributed by atoms with Gasteiger partial charge < -0.3 is 4.90 Å². The van der Waals surface area contributed by atoms with Gasteiger partial charge in [0.2, 0.25) is 5.91 Å². The zero-order valence-corrected chi connectivity index (χ0v) is 9.91. The summed E-state index contributed by atoms with van der Waals surface area (Å²) in [5.41, 5.74) is 0. The van der Waals surface area contributed by atoms with E-state index in [-0.39, 0.29) is 11.7 Å². The van der Waals surface area contributed by atoms with Crippen LogP contribution in [0.5, 0.6) is 0 Å². The summed E-state index contributed by atoms with van der Waals surface area (Å²) in [5, 5.41) is 0. The van der Waals surface area contributed by atoms with E-state index >= 15 is 0 Å². The highest BCUT2D eigenvalue weighted by Crippen LogP contribution is 2.30. The maximum Gasteiger partial charge on any atom is 0.222 e. The molecule has 0 radical (unpaired) electrons. The Labute approximate surface area is 97.2 Å². The second-order valence-electron chi connectivity index (χ2n) is 5.15. The molecule has 1 heterocycles. The predicted molar refractivity (Wildman–Crippen MR) is 62.0 cm³/mol. The van der Waals surface area contributed by atoms with Crippen LogP contribution >= 0.6 is 0 Å². The SMILES string of the molecule is O=C1CCCN(C(=O)CCCC2CCC2)C1. The van der Waals surface area contributed by atoms with Crippen molar-refractivity contribution in [1.82, 2.24) is 4.90 Å². The summed E-state index contributed by atoms with van der Waals surface area (Å²) in [4.78, 5) is 24.8. The molecule has 0 aromatic heterocycles. The van der Waals surface area contributed by atoms with Gasteiger partial charge in [0.25, 0.3) is 0 Å². The van der Waals surface area contributed by atoms with Crippen LogP contribution in [0.3, 0.4) is 0 Å². The molecule has 0 aromatic rings. The second-order valence-corrected chi connectivity index (χ2v) is 5.15. The Morgan fingerprint density at radius 2 is 2.12 bits per heavy atom. The Hall–Kier alpha value is -0.860. The fraction of sp³-hybridized carbons (Fsp3) is 0.846. The van der Waals surface area contributed by atoms with Gasteiger partial charge in [0.1, 0.15) is 0 Å². The summed E-state index contributed by atoms with van der Waals surface area (Å²) in [6.45, 7) is 1.15. The number of carbonyl (C=O) groups excluding carboxylic acids is 2. The summed E-state index contributed by atoms with van der Waals surface area (Å²) >= 11 is 0. The van der Waals surface area contributed by atoms with Crippen LogP contribution in [0.1, 0.15) is 51.4 Å². The summed E-state index contributed by atoms with van der Waals surface area (Å²) in [6, 6.07) is 0. The summed E-state index contributed by atoms with van der Waals surface area (Å²) in [5.74, 6) is 1.29. The molecule has 0 spiro atoms. The lowest BCUT2D eigenvalue weighted by molar-refractivity contribution is -0.137. The van der Waals surface area contributed by atoms with E-state index in [1.807, 2.05) is 0 Å². The van der Waals surface area contributed by atoms with Crippen LogP contribution in [0.25, 0.3) is 0 Å². The molecule has 16 heavy (non-hydrogen) atoms. The van der Waals surface area contributed by atoms with Crippen molar-refractivity contribution in [2.75, 3.05) is 13.1 Å². The highest BCUT2D eigenvalue weighted by Gasteiger charge is 2.22. The van der Waals surface area contributed by atoms with Crippen molar-refractivity contribution in [2.45, 2.75) is 51.4 Å². The van der Waals surface area contributed by atoms with Gasteiger partial charge in [0, 0.05) is 19.4 Å². The quantitative estimate of drug-likeness (QED) is 0.732. The van der Waals surface area contributed by atoms with Crippen LogP contribution in [0, 0.1) is 5.92 Å². The minimum Gasteiger partial charge on any atom is -0.335 e. The smallest absolute Gasteiger partial charge is 0.222 e. The van der Waals surface area contributed by atoms with E-state index in [1.54, 1.807) is 4.90 Å². The van der Waals surface area contributed by atoms with E-state index in [1.165, 1.54) is 25.7 Å². The van der Waals surface area contributed by atoms with Crippen LogP contribution in [0.2, 0.25) is 0 Å². The summed E-state index contributed by atoms with van der Waals surface area (Å²) in [6.07, 6.45) is 8.45. The molecule has 1 aliphatic carbocycles. The first kappa shape index (κ1) is 11.6. The molecule has 3 nitrogen and oxygen atoms in total. The lowest BCUT2D eigenvalue weighted by Gasteiger charge is -2.27. The number of amides is 1. The summed E-state index contributed by atoms with van der Waals surface area (Å²) < 4.78 is 0. The Balaban J connectivity index is 1.64. The first-order chi connectivity index (χ1) is 7.75. The fourth-order valence-corrected chi connectivity index (χ4v) is 2.53. The molecule has 0 aromatic carbocycles. The molecular weight excluding hydrogens is 202 g/mol. The number of ketones is 1. The van der Waals surface area contributed by atoms with Crippen molar-refractivity contribution in [3.63, 3.8) is 0 Å². The van der Waals surface area contributed by atoms with E-state index in [0.29, 0.717) is 19.4 Å². The molecule has 1 saturated carbocycles. The fourth-order valence-electron chi connectivity index (χ4n) is 2.53. The highest BCUT2D eigenvalue weighted by molar-refractivity contribution is 5.87. The van der Waals surface area contributed by atoms with Gasteiger partial charge in [-0.3, -0.25) is 9.59 Å². The van der Waals surface area contributed by atoms with Crippen molar-refractivity contribution >= 4 is 11.7 Å². The Morgan fingerprint density at radius 1 is 1.31 bits per heavy atom. The summed E-state index contributed by atoms with van der Waals surface area (Å²) in [7, 11) is 0. The third-order valence-electron chi connectivity index (χ3n) is 3.83. The molecule has 1 amide bonds. The molecule has 0 bridgehead atoms. The minimum atomic E-state index is 0.187. The first-order valence-electron chi connectivity index (χ1n) is 6.55. The van der Waals surface area contributed by atoms with E-state index in [2.05, 4.69) is 0 Å². The number of nitrogens with zero attached hydrogens (tertiary/aromatic N) is 1. The van der Waals surface area contributed by atoms with Gasteiger partial charge in [-0.15, -0.1) is 0 Å². The predicted octanol–water partition coefficient (Wildman–Crippen LogP) is 2.15. The standard InChI is InChI=1S/C13H21NO2/c15-12-7-3-9-14(10-12)13(16)8-2-6-11-4-1-5-11/h11H,1-10H2. The number of likely N-dealkylation sites (tertiary alicyclic amines) is 1. The number of Topliss-reactive ketones (excluding diaryl/α,β-unsaturated/α-hetero) is 1. The van der Waals surface area contributed by atoms with Crippen LogP contribution in [-0.4, -0.2) is 29.7 Å². The van der Waals surface area contributed by atoms with Crippen molar-refractivity contribution in [2.24, 2.45) is 5.92 Å². The molecule has 2 rings (SSSR count). The van der Waals surface area contributed by atoms with Crippen molar-refractivity contribution in [1.29, 1.82) is 0 Å². The van der Waals surface area contributed by atoms with Crippen molar-refractivity contribution in [3.05, 3.63) is 0 Å². The van der Waals surface area contributed by atoms with E-state index < -0.39 is 0 Å². The maximum absolute atomic E-state index is 11.8. The van der Waals surface area contributed by atoms with Gasteiger partial charge in [-0.2, -0.15) is 0 Å². The molecule has 2 fully saturated rings. The van der Waals surface area contributed by atoms with Gasteiger partial charge in [-0.25, -0.2) is 0 Å². The molecular formula is C13H21NO2. The maximum atomic E-state index is 11.8. The van der Waals surface area contributed by atoms with Gasteiger partial charge in [-0.05, 0) is 25.2 Å². The molecule has 1 saturated heterocycles. The molecule has 0 unspecified atom stereocenters. The average molecular weight is 223 g/mol. The van der Waals surface area contributed by atoms with Crippen LogP contribution in [-0.2, 0) is 9.59 Å². The Morgan fingerprint density at radius 3 is 2.75 bits per heavy atom.